The van der Waals surface area contributed by atoms with E-state index >= 15 is 0 Å². The Morgan fingerprint density at radius 2 is 1.76 bits per heavy atom. The van der Waals surface area contributed by atoms with Gasteiger partial charge >= 0.3 is 0 Å². The molecule has 0 radical (unpaired) electrons. The summed E-state index contributed by atoms with van der Waals surface area (Å²) in [6.45, 7) is 0. The lowest BCUT2D eigenvalue weighted by molar-refractivity contribution is -0.134. The molecule has 0 spiro atoms. The molecule has 4 heteroatoms. The van der Waals surface area contributed by atoms with Crippen molar-refractivity contribution in [2.24, 2.45) is 0 Å². The molecule has 4 rings (SSSR count). The topological polar surface area (TPSA) is 46.3 Å². The smallest absolute Gasteiger partial charge is 0.227 e. The van der Waals surface area contributed by atoms with Gasteiger partial charge in [-0.05, 0) is 60.9 Å². The minimum absolute atomic E-state index is 0. The molecule has 0 aromatic heterocycles. The molecule has 0 saturated heterocycles. The molecule has 3 nitrogen and oxygen atoms in total. The highest BCUT2D eigenvalue weighted by molar-refractivity contribution is 5.85. The molecular formula is C21H25ClN2O. The monoisotopic (exact) mass is 356 g/mol. The number of anilines is 1. The van der Waals surface area contributed by atoms with E-state index in [9.17, 15) is 4.79 Å². The third kappa shape index (κ3) is 3.82. The van der Waals surface area contributed by atoms with Crippen molar-refractivity contribution in [2.45, 2.75) is 50.6 Å². The van der Waals surface area contributed by atoms with Gasteiger partial charge in [0.2, 0.25) is 5.91 Å². The molecule has 2 aromatic rings. The van der Waals surface area contributed by atoms with Crippen LogP contribution in [0.15, 0.2) is 48.5 Å². The van der Waals surface area contributed by atoms with Crippen molar-refractivity contribution in [3.63, 3.8) is 0 Å². The van der Waals surface area contributed by atoms with Crippen LogP contribution in [0.4, 0.5) is 5.69 Å². The minimum Gasteiger partial charge on any atom is -0.399 e. The fourth-order valence-corrected chi connectivity index (χ4v) is 3.90. The Hall–Kier alpha value is -2.00. The number of nitrogen functional groups attached to an aromatic ring is 1. The van der Waals surface area contributed by atoms with Crippen LogP contribution >= 0.6 is 12.4 Å². The highest BCUT2D eigenvalue weighted by Gasteiger charge is 2.39. The summed E-state index contributed by atoms with van der Waals surface area (Å²) in [5.74, 6) is 0.254. The van der Waals surface area contributed by atoms with Crippen LogP contribution < -0.4 is 5.73 Å². The molecule has 0 aliphatic heterocycles. The first-order valence-electron chi connectivity index (χ1n) is 8.96. The van der Waals surface area contributed by atoms with E-state index in [-0.39, 0.29) is 24.4 Å². The van der Waals surface area contributed by atoms with E-state index < -0.39 is 0 Å². The van der Waals surface area contributed by atoms with Crippen molar-refractivity contribution in [3.8, 4) is 0 Å². The maximum atomic E-state index is 13.1. The van der Waals surface area contributed by atoms with Crippen LogP contribution in [0.1, 0.15) is 48.4 Å². The Labute approximate surface area is 155 Å². The van der Waals surface area contributed by atoms with Crippen LogP contribution in [0.25, 0.3) is 0 Å². The molecule has 1 saturated carbocycles. The number of halogens is 1. The first-order valence-corrected chi connectivity index (χ1v) is 8.96. The molecule has 0 bridgehead atoms. The highest BCUT2D eigenvalue weighted by atomic mass is 35.5. The van der Waals surface area contributed by atoms with Gasteiger partial charge in [0.05, 0.1) is 12.5 Å². The van der Waals surface area contributed by atoms with Gasteiger partial charge < -0.3 is 10.6 Å². The summed E-state index contributed by atoms with van der Waals surface area (Å²) in [5, 5.41) is 0. The molecule has 2 N–H and O–H groups in total. The number of hydrogen-bond donors (Lipinski definition) is 1. The number of aryl methyl sites for hydroxylation is 1. The number of nitrogens with zero attached hydrogens (tertiary/aromatic N) is 1. The molecule has 2 aromatic carbocycles. The SMILES string of the molecule is Cl.Nc1ccc(CC(=O)N(C2CC2)C2CCCc3ccccc32)cc1. The highest BCUT2D eigenvalue weighted by Crippen LogP contribution is 2.41. The molecule has 25 heavy (non-hydrogen) atoms. The number of amides is 1. The zero-order valence-electron chi connectivity index (χ0n) is 14.4. The molecule has 1 fully saturated rings. The second-order valence-electron chi connectivity index (χ2n) is 7.06. The molecule has 2 aliphatic rings. The summed E-state index contributed by atoms with van der Waals surface area (Å²) in [7, 11) is 0. The Balaban J connectivity index is 0.00000182. The normalized spacial score (nSPS) is 18.8. The first kappa shape index (κ1) is 17.8. The molecule has 2 aliphatic carbocycles. The van der Waals surface area contributed by atoms with Crippen LogP contribution in [-0.2, 0) is 17.6 Å². The zero-order valence-corrected chi connectivity index (χ0v) is 15.2. The van der Waals surface area contributed by atoms with Crippen molar-refractivity contribution in [3.05, 3.63) is 65.2 Å². The van der Waals surface area contributed by atoms with E-state index in [1.807, 2.05) is 24.3 Å². The number of carbonyl (C=O) groups excluding carboxylic acids is 1. The number of rotatable bonds is 4. The van der Waals surface area contributed by atoms with Crippen molar-refractivity contribution in [2.75, 3.05) is 5.73 Å². The van der Waals surface area contributed by atoms with Crippen molar-refractivity contribution in [1.29, 1.82) is 0 Å². The predicted molar refractivity (Wildman–Crippen MR) is 104 cm³/mol. The Morgan fingerprint density at radius 3 is 2.48 bits per heavy atom. The fraction of sp³-hybridized carbons (Fsp3) is 0.381. The second-order valence-corrected chi connectivity index (χ2v) is 7.06. The molecule has 132 valence electrons. The Kier molecular flexibility index (Phi) is 5.33. The van der Waals surface area contributed by atoms with Gasteiger partial charge in [0.15, 0.2) is 0 Å². The fourth-order valence-electron chi connectivity index (χ4n) is 3.90. The van der Waals surface area contributed by atoms with Gasteiger partial charge in [-0.15, -0.1) is 12.4 Å². The molecule has 1 amide bonds. The zero-order chi connectivity index (χ0) is 16.5. The summed E-state index contributed by atoms with van der Waals surface area (Å²) in [5.41, 5.74) is 10.3. The third-order valence-electron chi connectivity index (χ3n) is 5.24. The maximum absolute atomic E-state index is 13.1. The van der Waals surface area contributed by atoms with Gasteiger partial charge in [-0.2, -0.15) is 0 Å². The standard InChI is InChI=1S/C21H24N2O.ClH/c22-17-10-8-15(9-11-17)14-21(24)23(18-12-13-18)20-7-3-5-16-4-1-2-6-19(16)20;/h1-2,4,6,8-11,18,20H,3,5,7,12-14,22H2;1H. The van der Waals surface area contributed by atoms with Crippen LogP contribution in [-0.4, -0.2) is 16.8 Å². The average molecular weight is 357 g/mol. The van der Waals surface area contributed by atoms with Gasteiger partial charge in [0.25, 0.3) is 0 Å². The number of carbonyl (C=O) groups is 1. The van der Waals surface area contributed by atoms with Crippen LogP contribution in [0.3, 0.4) is 0 Å². The number of benzene rings is 2. The van der Waals surface area contributed by atoms with E-state index in [1.165, 1.54) is 17.5 Å². The van der Waals surface area contributed by atoms with E-state index in [2.05, 4.69) is 29.2 Å². The third-order valence-corrected chi connectivity index (χ3v) is 5.24. The quantitative estimate of drug-likeness (QED) is 0.830. The van der Waals surface area contributed by atoms with Crippen LogP contribution in [0, 0.1) is 0 Å². The maximum Gasteiger partial charge on any atom is 0.227 e. The average Bonchev–Trinajstić information content (AvgIpc) is 3.42. The minimum atomic E-state index is 0. The van der Waals surface area contributed by atoms with Crippen LogP contribution in [0.2, 0.25) is 0 Å². The number of nitrogens with two attached hydrogens (primary N) is 1. The molecular weight excluding hydrogens is 332 g/mol. The molecule has 1 unspecified atom stereocenters. The second kappa shape index (κ2) is 7.49. The molecule has 0 heterocycles. The predicted octanol–water partition coefficient (Wildman–Crippen LogP) is 4.30. The van der Waals surface area contributed by atoms with Crippen molar-refractivity contribution in [1.82, 2.24) is 4.90 Å². The summed E-state index contributed by atoms with van der Waals surface area (Å²) < 4.78 is 0. The lowest BCUT2D eigenvalue weighted by Gasteiger charge is -2.36. The van der Waals surface area contributed by atoms with Gasteiger partial charge in [0, 0.05) is 11.7 Å². The van der Waals surface area contributed by atoms with Gasteiger partial charge in [-0.1, -0.05) is 36.4 Å². The summed E-state index contributed by atoms with van der Waals surface area (Å²) in [6.07, 6.45) is 6.14. The summed E-state index contributed by atoms with van der Waals surface area (Å²) in [4.78, 5) is 15.3. The van der Waals surface area contributed by atoms with E-state index in [1.54, 1.807) is 0 Å². The number of hydrogen-bond acceptors (Lipinski definition) is 2. The van der Waals surface area contributed by atoms with E-state index in [0.717, 1.165) is 36.9 Å². The first-order chi connectivity index (χ1) is 11.7. The molecule has 1 atom stereocenters. The Bertz CT molecular complexity index is 740. The van der Waals surface area contributed by atoms with Gasteiger partial charge in [-0.3, -0.25) is 4.79 Å². The lowest BCUT2D eigenvalue weighted by Crippen LogP contribution is -2.39. The van der Waals surface area contributed by atoms with Crippen molar-refractivity contribution >= 4 is 24.0 Å². The summed E-state index contributed by atoms with van der Waals surface area (Å²) in [6, 6.07) is 17.0. The Morgan fingerprint density at radius 1 is 1.04 bits per heavy atom. The van der Waals surface area contributed by atoms with Crippen molar-refractivity contribution < 1.29 is 4.79 Å². The van der Waals surface area contributed by atoms with Gasteiger partial charge in [0.1, 0.15) is 0 Å². The van der Waals surface area contributed by atoms with E-state index in [0.29, 0.717) is 12.5 Å². The van der Waals surface area contributed by atoms with E-state index in [4.69, 9.17) is 5.73 Å². The van der Waals surface area contributed by atoms with Crippen LogP contribution in [0.5, 0.6) is 0 Å². The largest absolute Gasteiger partial charge is 0.399 e. The summed E-state index contributed by atoms with van der Waals surface area (Å²) >= 11 is 0. The number of fused-ring (bicyclic) bond motifs is 1. The van der Waals surface area contributed by atoms with Gasteiger partial charge in [-0.25, -0.2) is 0 Å². The lowest BCUT2D eigenvalue weighted by atomic mass is 9.86.